The van der Waals surface area contributed by atoms with Crippen LogP contribution in [0.25, 0.3) is 49.9 Å². The third-order valence-corrected chi connectivity index (χ3v) is 19.6. The molecule has 11 aromatic rings. The summed E-state index contributed by atoms with van der Waals surface area (Å²) in [7, 11) is 4.00. The molecule has 0 bridgehead atoms. The van der Waals surface area contributed by atoms with Crippen LogP contribution in [0.4, 0.5) is 34.1 Å². The molecule has 2 aliphatic rings. The number of anilines is 6. The van der Waals surface area contributed by atoms with Crippen LogP contribution < -0.4 is 40.6 Å². The quantitative estimate of drug-likeness (QED) is 0.115. The number of rotatable bonds is 9. The molecule has 0 aliphatic carbocycles. The van der Waals surface area contributed by atoms with Gasteiger partial charge in [-0.25, -0.2) is 4.98 Å². The van der Waals surface area contributed by atoms with E-state index in [1.807, 2.05) is 30.5 Å². The number of pyridine rings is 1. The molecule has 0 amide bonds. The van der Waals surface area contributed by atoms with Gasteiger partial charge in [0.1, 0.15) is 5.82 Å². The average molecular weight is 1140 g/mol. The topological polar surface area (TPSA) is 45.6 Å². The molecule has 358 valence electrons. The van der Waals surface area contributed by atoms with Crippen LogP contribution in [0.15, 0.2) is 212 Å². The Hall–Kier alpha value is -7.96. The molecule has 73 heavy (non-hydrogen) atoms. The Morgan fingerprint density at radius 2 is 1.19 bits per heavy atom. The number of ether oxygens (including phenoxy) is 1. The summed E-state index contributed by atoms with van der Waals surface area (Å²) >= 11 is 0. The van der Waals surface area contributed by atoms with Crippen LogP contribution in [0.3, 0.4) is 0 Å². The summed E-state index contributed by atoms with van der Waals surface area (Å²) < 4.78 is 9.37. The molecular formula is C65H50N5OPtSi-3. The Morgan fingerprint density at radius 3 is 1.88 bits per heavy atom. The molecule has 9 aromatic carbocycles. The molecule has 0 fully saturated rings. The summed E-state index contributed by atoms with van der Waals surface area (Å²) in [6.45, 7) is 6.75. The first-order chi connectivity index (χ1) is 35.2. The molecule has 6 nitrogen and oxygen atoms in total. The van der Waals surface area contributed by atoms with Crippen LogP contribution >= 0.6 is 0 Å². The van der Waals surface area contributed by atoms with Gasteiger partial charge in [0.05, 0.1) is 5.69 Å². The maximum Gasteiger partial charge on any atom is 0.161 e. The Bertz CT molecular complexity index is 3820. The van der Waals surface area contributed by atoms with E-state index in [4.69, 9.17) is 16.8 Å². The van der Waals surface area contributed by atoms with E-state index in [1.165, 1.54) is 48.5 Å². The van der Waals surface area contributed by atoms with Gasteiger partial charge in [-0.1, -0.05) is 172 Å². The van der Waals surface area contributed by atoms with Crippen molar-refractivity contribution < 1.29 is 25.8 Å². The van der Waals surface area contributed by atoms with Crippen LogP contribution in [0, 0.1) is 19.2 Å². The largest absolute Gasteiger partial charge is 0.509 e. The van der Waals surface area contributed by atoms with Gasteiger partial charge in [0.25, 0.3) is 0 Å². The zero-order valence-corrected chi connectivity index (χ0v) is 44.2. The van der Waals surface area contributed by atoms with Gasteiger partial charge in [-0.05, 0) is 85.5 Å². The summed E-state index contributed by atoms with van der Waals surface area (Å²) in [4.78, 5) is 9.47. The molecule has 0 unspecified atom stereocenters. The molecule has 2 aliphatic heterocycles. The van der Waals surface area contributed by atoms with Crippen LogP contribution in [0.1, 0.15) is 26.3 Å². The van der Waals surface area contributed by atoms with Gasteiger partial charge in [0.15, 0.2) is 8.07 Å². The van der Waals surface area contributed by atoms with Crippen molar-refractivity contribution in [3.63, 3.8) is 0 Å². The normalized spacial score (nSPS) is 13.0. The second kappa shape index (κ2) is 18.0. The minimum absolute atomic E-state index is 0. The zero-order chi connectivity index (χ0) is 48.7. The van der Waals surface area contributed by atoms with E-state index in [2.05, 4.69) is 242 Å². The average Bonchev–Trinajstić information content (AvgIpc) is 3.92. The van der Waals surface area contributed by atoms with Crippen molar-refractivity contribution in [1.82, 2.24) is 9.55 Å². The van der Waals surface area contributed by atoms with Crippen LogP contribution in [0.5, 0.6) is 11.5 Å². The van der Waals surface area contributed by atoms with E-state index < -0.39 is 8.07 Å². The predicted molar refractivity (Wildman–Crippen MR) is 301 cm³/mol. The summed E-state index contributed by atoms with van der Waals surface area (Å²) in [5, 5.41) is 11.6. The third kappa shape index (κ3) is 7.36. The smallest absolute Gasteiger partial charge is 0.161 e. The van der Waals surface area contributed by atoms with Crippen molar-refractivity contribution in [3.05, 3.63) is 237 Å². The van der Waals surface area contributed by atoms with Gasteiger partial charge in [-0.3, -0.25) is 7.05 Å². The molecule has 8 heteroatoms. The van der Waals surface area contributed by atoms with Crippen molar-refractivity contribution in [2.24, 2.45) is 0 Å². The van der Waals surface area contributed by atoms with Crippen molar-refractivity contribution in [2.75, 3.05) is 22.2 Å². The van der Waals surface area contributed by atoms with E-state index in [0.717, 1.165) is 61.9 Å². The number of para-hydroxylation sites is 5. The number of hydrogen-bond acceptors (Lipinski definition) is 5. The summed E-state index contributed by atoms with van der Waals surface area (Å²) in [6.07, 6.45) is 1.94. The fourth-order valence-corrected chi connectivity index (χ4v) is 17.1. The van der Waals surface area contributed by atoms with Gasteiger partial charge >= 0.3 is 0 Å². The van der Waals surface area contributed by atoms with E-state index in [9.17, 15) is 0 Å². The molecule has 0 saturated carbocycles. The summed E-state index contributed by atoms with van der Waals surface area (Å²) in [5.74, 6) is 2.05. The number of nitrogens with zero attached hydrogens (tertiary/aromatic N) is 4. The van der Waals surface area contributed by atoms with Crippen LogP contribution in [0.2, 0.25) is 0 Å². The summed E-state index contributed by atoms with van der Waals surface area (Å²) in [6, 6.07) is 80.8. The third-order valence-electron chi connectivity index (χ3n) is 14.7. The first-order valence-electron chi connectivity index (χ1n) is 24.5. The fraction of sp³-hybridized carbons (Fsp3) is 0.0769. The molecule has 0 saturated heterocycles. The van der Waals surface area contributed by atoms with Crippen LogP contribution in [-0.2, 0) is 26.5 Å². The van der Waals surface area contributed by atoms with E-state index in [1.54, 1.807) is 0 Å². The Balaban J connectivity index is 0.00000543. The molecule has 13 rings (SSSR count). The molecule has 0 atom stereocenters. The van der Waals surface area contributed by atoms with Gasteiger partial charge in [-0.2, -0.15) is 6.07 Å². The first-order valence-corrected chi connectivity index (χ1v) is 26.5. The SMILES string of the molecule is [CH2-]N(c1ccccc1Nc1[c-]c(Oc2[c-]c3c4c(c2)[Si]2(c5ccccc5N(C)c5ccccc52)c2cccc(c24)n3-c2cc(C(C)(C)C)ccn2)ccc1)c1c(-c2ccccc2)cccc1-c1ccccc1.[Pt]. The number of hydrogen-bond donors (Lipinski definition) is 1. The Kier molecular flexibility index (Phi) is 11.3. The van der Waals surface area contributed by atoms with Gasteiger partial charge in [-0.15, -0.1) is 40.9 Å². The van der Waals surface area contributed by atoms with E-state index in [-0.39, 0.29) is 26.5 Å². The predicted octanol–water partition coefficient (Wildman–Crippen LogP) is 13.6. The Morgan fingerprint density at radius 1 is 0.589 bits per heavy atom. The van der Waals surface area contributed by atoms with Gasteiger partial charge < -0.3 is 24.4 Å². The van der Waals surface area contributed by atoms with Crippen molar-refractivity contribution in [3.8, 4) is 39.6 Å². The van der Waals surface area contributed by atoms with Gasteiger partial charge in [0.2, 0.25) is 0 Å². The maximum absolute atomic E-state index is 7.07. The van der Waals surface area contributed by atoms with E-state index >= 15 is 0 Å². The number of benzene rings is 9. The van der Waals surface area contributed by atoms with Crippen molar-refractivity contribution >= 4 is 84.8 Å². The second-order valence-electron chi connectivity index (χ2n) is 19.8. The van der Waals surface area contributed by atoms with Gasteiger partial charge in [0, 0.05) is 85.2 Å². The molecular weight excluding hydrogens is 1090 g/mol. The van der Waals surface area contributed by atoms with Crippen molar-refractivity contribution in [2.45, 2.75) is 26.2 Å². The molecule has 2 aromatic heterocycles. The monoisotopic (exact) mass is 1140 g/mol. The van der Waals surface area contributed by atoms with E-state index in [0.29, 0.717) is 11.5 Å². The molecule has 1 spiro atoms. The second-order valence-corrected chi connectivity index (χ2v) is 23.5. The molecule has 1 N–H and O–H groups in total. The Labute approximate surface area is 442 Å². The maximum atomic E-state index is 7.07. The minimum atomic E-state index is -2.94. The molecule has 4 heterocycles. The fourth-order valence-electron chi connectivity index (χ4n) is 11.5. The number of fused-ring (bicyclic) bond motifs is 6. The van der Waals surface area contributed by atoms with Crippen LogP contribution in [-0.4, -0.2) is 24.7 Å². The summed E-state index contributed by atoms with van der Waals surface area (Å²) in [5.41, 5.74) is 13.6. The first kappa shape index (κ1) is 46.1. The standard InChI is InChI=1S/C65H50N5OSi.Pt/c1-65(2,3)45-37-38-66-61(39-45)70-55-33-20-36-59-62(55)63-56(70)41-48(42-60(63)72(59)57-34-16-14-31-53(57)68(4)54-32-15-17-35-58(54)72)71-47-26-18-25-46(40-47)67-51-29-12-13-30-52(51)69(5)64-49(43-21-8-6-9-22-43)27-19-28-50(64)44-23-10-7-11-24-44;/h6-39,42,67H,5H2,1-4H3;/q-3;. The number of nitrogens with one attached hydrogen (secondary N) is 1. The minimum Gasteiger partial charge on any atom is -0.509 e. The molecule has 0 radical (unpaired) electrons. The number of aromatic nitrogens is 2. The zero-order valence-electron chi connectivity index (χ0n) is 40.9. The van der Waals surface area contributed by atoms with Crippen molar-refractivity contribution in [1.29, 1.82) is 0 Å².